The number of amides is 2. The lowest BCUT2D eigenvalue weighted by atomic mass is 10.0. The van der Waals surface area contributed by atoms with E-state index in [1.54, 1.807) is 12.1 Å². The van der Waals surface area contributed by atoms with Crippen molar-refractivity contribution in [1.29, 1.82) is 0 Å². The van der Waals surface area contributed by atoms with Gasteiger partial charge >= 0.3 is 6.09 Å². The zero-order valence-electron chi connectivity index (χ0n) is 19.8. The Hall–Kier alpha value is -4.17. The summed E-state index contributed by atoms with van der Waals surface area (Å²) in [6.45, 7) is 3.12. The van der Waals surface area contributed by atoms with Gasteiger partial charge in [0.25, 0.3) is 0 Å². The summed E-state index contributed by atoms with van der Waals surface area (Å²) in [7, 11) is 0. The van der Waals surface area contributed by atoms with E-state index in [9.17, 15) is 14.0 Å². The van der Waals surface area contributed by atoms with Crippen molar-refractivity contribution < 1.29 is 23.1 Å². The maximum Gasteiger partial charge on any atom is 0.414 e. The Morgan fingerprint density at radius 3 is 2.61 bits per heavy atom. The average molecular weight is 488 g/mol. The van der Waals surface area contributed by atoms with Gasteiger partial charge in [0, 0.05) is 24.4 Å². The number of hydrogen-bond donors (Lipinski definition) is 2. The van der Waals surface area contributed by atoms with Crippen LogP contribution in [0.2, 0.25) is 0 Å². The highest BCUT2D eigenvalue weighted by Crippen LogP contribution is 2.29. The Morgan fingerprint density at radius 1 is 1.06 bits per heavy atom. The molecule has 2 heterocycles. The van der Waals surface area contributed by atoms with Gasteiger partial charge in [-0.1, -0.05) is 42.5 Å². The smallest absolute Gasteiger partial charge is 0.414 e. The number of hydrogen-bond acceptors (Lipinski definition) is 5. The quantitative estimate of drug-likeness (QED) is 0.366. The van der Waals surface area contributed by atoms with Crippen LogP contribution in [0.4, 0.5) is 14.9 Å². The second kappa shape index (κ2) is 10.2. The van der Waals surface area contributed by atoms with Crippen molar-refractivity contribution in [1.82, 2.24) is 10.6 Å². The second-order valence-corrected chi connectivity index (χ2v) is 8.77. The molecule has 0 bridgehead atoms. The molecule has 1 aliphatic heterocycles. The van der Waals surface area contributed by atoms with Crippen LogP contribution in [0.15, 0.2) is 77.2 Å². The summed E-state index contributed by atoms with van der Waals surface area (Å²) in [6.07, 6.45) is -1.03. The van der Waals surface area contributed by atoms with Crippen LogP contribution < -0.4 is 15.5 Å². The standard InChI is InChI=1S/C28H26FN3O4/c1-18(33)31-16-24-17-32(28(34)36-24)22-10-11-25(26(29)13-22)20-8-6-19(7-9-20)14-30-15-23-12-21-4-2-3-5-27(21)35-23/h2-13,24,30H,14-17H2,1H3,(H,31,33)/t24-/m0/s1. The number of halogens is 1. The van der Waals surface area contributed by atoms with Crippen molar-refractivity contribution >= 4 is 28.7 Å². The molecule has 3 aromatic carbocycles. The lowest BCUT2D eigenvalue weighted by molar-refractivity contribution is -0.119. The highest BCUT2D eigenvalue weighted by atomic mass is 19.1. The summed E-state index contributed by atoms with van der Waals surface area (Å²) < 4.78 is 26.1. The number of benzene rings is 3. The van der Waals surface area contributed by atoms with Gasteiger partial charge in [-0.15, -0.1) is 0 Å². The summed E-state index contributed by atoms with van der Waals surface area (Å²) in [5.41, 5.74) is 3.54. The number of ether oxygens (including phenoxy) is 1. The summed E-state index contributed by atoms with van der Waals surface area (Å²) in [6, 6.07) is 22.3. The molecular weight excluding hydrogens is 461 g/mol. The second-order valence-electron chi connectivity index (χ2n) is 8.77. The predicted octanol–water partition coefficient (Wildman–Crippen LogP) is 4.99. The van der Waals surface area contributed by atoms with E-state index in [-0.39, 0.29) is 19.0 Å². The Morgan fingerprint density at radius 2 is 1.86 bits per heavy atom. The van der Waals surface area contributed by atoms with E-state index in [2.05, 4.69) is 10.6 Å². The predicted molar refractivity (Wildman–Crippen MR) is 135 cm³/mol. The van der Waals surface area contributed by atoms with Crippen LogP contribution in [-0.4, -0.2) is 31.2 Å². The Labute approximate surface area is 207 Å². The lowest BCUT2D eigenvalue weighted by Gasteiger charge is -2.15. The zero-order valence-corrected chi connectivity index (χ0v) is 19.8. The monoisotopic (exact) mass is 487 g/mol. The molecule has 8 heteroatoms. The molecule has 1 atom stereocenters. The minimum absolute atomic E-state index is 0.201. The van der Waals surface area contributed by atoms with Crippen molar-refractivity contribution in [2.24, 2.45) is 0 Å². The van der Waals surface area contributed by atoms with Gasteiger partial charge in [-0.05, 0) is 41.5 Å². The van der Waals surface area contributed by atoms with Crippen LogP contribution in [-0.2, 0) is 22.6 Å². The van der Waals surface area contributed by atoms with Gasteiger partial charge in [-0.25, -0.2) is 9.18 Å². The van der Waals surface area contributed by atoms with Crippen LogP contribution in [0.25, 0.3) is 22.1 Å². The molecule has 1 saturated heterocycles. The first-order valence-electron chi connectivity index (χ1n) is 11.8. The van der Waals surface area contributed by atoms with Crippen molar-refractivity contribution in [3.8, 4) is 11.1 Å². The van der Waals surface area contributed by atoms with Crippen LogP contribution >= 0.6 is 0 Å². The van der Waals surface area contributed by atoms with Gasteiger partial charge in [0.2, 0.25) is 5.91 Å². The molecule has 0 saturated carbocycles. The van der Waals surface area contributed by atoms with E-state index in [0.717, 1.165) is 27.9 Å². The fourth-order valence-electron chi connectivity index (χ4n) is 4.26. The van der Waals surface area contributed by atoms with E-state index in [1.165, 1.54) is 17.9 Å². The molecule has 0 unspecified atom stereocenters. The van der Waals surface area contributed by atoms with E-state index >= 15 is 0 Å². The number of carbonyl (C=O) groups excluding carboxylic acids is 2. The Bertz CT molecular complexity index is 1370. The van der Waals surface area contributed by atoms with Crippen LogP contribution in [0, 0.1) is 5.82 Å². The molecular formula is C28H26FN3O4. The molecule has 5 rings (SSSR count). The molecule has 7 nitrogen and oxygen atoms in total. The first kappa shape index (κ1) is 23.6. The molecule has 2 N–H and O–H groups in total. The van der Waals surface area contributed by atoms with Crippen LogP contribution in [0.5, 0.6) is 0 Å². The number of anilines is 1. The highest BCUT2D eigenvalue weighted by molar-refractivity contribution is 5.90. The molecule has 0 spiro atoms. The molecule has 4 aromatic rings. The van der Waals surface area contributed by atoms with Gasteiger partial charge < -0.3 is 19.8 Å². The van der Waals surface area contributed by atoms with Crippen molar-refractivity contribution in [3.63, 3.8) is 0 Å². The molecule has 1 aliphatic rings. The number of fused-ring (bicyclic) bond motifs is 1. The number of cyclic esters (lactones) is 1. The van der Waals surface area contributed by atoms with Crippen molar-refractivity contribution in [2.45, 2.75) is 26.1 Å². The minimum Gasteiger partial charge on any atom is -0.460 e. The molecule has 1 aromatic heterocycles. The summed E-state index contributed by atoms with van der Waals surface area (Å²) in [5.74, 6) is 0.243. The normalized spacial score (nSPS) is 15.3. The molecule has 0 aliphatic carbocycles. The van der Waals surface area contributed by atoms with Gasteiger partial charge in [0.1, 0.15) is 23.3 Å². The third kappa shape index (κ3) is 5.23. The maximum absolute atomic E-state index is 15.0. The molecule has 1 fully saturated rings. The Balaban J connectivity index is 1.19. The number of carbonyl (C=O) groups is 2. The number of furan rings is 1. The fourth-order valence-corrected chi connectivity index (χ4v) is 4.26. The van der Waals surface area contributed by atoms with Gasteiger partial charge in [0.15, 0.2) is 0 Å². The van der Waals surface area contributed by atoms with E-state index in [0.29, 0.717) is 24.3 Å². The first-order chi connectivity index (χ1) is 17.5. The minimum atomic E-state index is -0.558. The fraction of sp³-hybridized carbons (Fsp3) is 0.214. The molecule has 2 amide bonds. The summed E-state index contributed by atoms with van der Waals surface area (Å²) in [5, 5.41) is 7.08. The molecule has 184 valence electrons. The van der Waals surface area contributed by atoms with E-state index in [1.807, 2.05) is 54.6 Å². The lowest BCUT2D eigenvalue weighted by Crippen LogP contribution is -2.33. The van der Waals surface area contributed by atoms with Crippen LogP contribution in [0.1, 0.15) is 18.2 Å². The van der Waals surface area contributed by atoms with E-state index < -0.39 is 18.0 Å². The number of nitrogens with zero attached hydrogens (tertiary/aromatic N) is 1. The molecule has 36 heavy (non-hydrogen) atoms. The first-order valence-corrected chi connectivity index (χ1v) is 11.8. The molecule has 0 radical (unpaired) electrons. The van der Waals surface area contributed by atoms with Gasteiger partial charge in [-0.3, -0.25) is 9.69 Å². The van der Waals surface area contributed by atoms with E-state index in [4.69, 9.17) is 9.15 Å². The topological polar surface area (TPSA) is 83.8 Å². The van der Waals surface area contributed by atoms with Gasteiger partial charge in [0.05, 0.1) is 25.3 Å². The Kier molecular flexibility index (Phi) is 6.69. The van der Waals surface area contributed by atoms with Gasteiger partial charge in [-0.2, -0.15) is 0 Å². The third-order valence-electron chi connectivity index (χ3n) is 6.09. The number of rotatable bonds is 8. The number of para-hydroxylation sites is 1. The summed E-state index contributed by atoms with van der Waals surface area (Å²) >= 11 is 0. The third-order valence-corrected chi connectivity index (χ3v) is 6.09. The highest BCUT2D eigenvalue weighted by Gasteiger charge is 2.32. The number of nitrogens with one attached hydrogen (secondary N) is 2. The van der Waals surface area contributed by atoms with Crippen molar-refractivity contribution in [2.75, 3.05) is 18.0 Å². The SMILES string of the molecule is CC(=O)NC[C@H]1CN(c2ccc(-c3ccc(CNCc4cc5ccccc5o4)cc3)c(F)c2)C(=O)O1. The van der Waals surface area contributed by atoms with Crippen molar-refractivity contribution in [3.05, 3.63) is 89.9 Å². The van der Waals surface area contributed by atoms with Crippen LogP contribution in [0.3, 0.4) is 0 Å². The largest absolute Gasteiger partial charge is 0.460 e. The maximum atomic E-state index is 15.0. The zero-order chi connectivity index (χ0) is 25.1. The summed E-state index contributed by atoms with van der Waals surface area (Å²) in [4.78, 5) is 24.7. The average Bonchev–Trinajstić information content (AvgIpc) is 3.46.